The van der Waals surface area contributed by atoms with Crippen molar-refractivity contribution in [2.75, 3.05) is 13.1 Å². The molecule has 1 aliphatic carbocycles. The average Bonchev–Trinajstić information content (AvgIpc) is 2.67. The van der Waals surface area contributed by atoms with Crippen LogP contribution in [0, 0.1) is 5.92 Å². The minimum atomic E-state index is 0.705. The van der Waals surface area contributed by atoms with Gasteiger partial charge in [0.2, 0.25) is 0 Å². The minimum absolute atomic E-state index is 0.705. The van der Waals surface area contributed by atoms with E-state index >= 15 is 0 Å². The molecule has 1 heterocycles. The lowest BCUT2D eigenvalue weighted by molar-refractivity contribution is 0.187. The molecule has 0 radical (unpaired) electrons. The molecule has 2 aliphatic rings. The monoisotopic (exact) mass is 238 g/mol. The summed E-state index contributed by atoms with van der Waals surface area (Å²) >= 11 is 0. The second-order valence-corrected chi connectivity index (χ2v) is 6.48. The molecule has 2 nitrogen and oxygen atoms in total. The van der Waals surface area contributed by atoms with Crippen molar-refractivity contribution < 1.29 is 0 Å². The topological polar surface area (TPSA) is 15.3 Å². The lowest BCUT2D eigenvalue weighted by Crippen LogP contribution is -2.45. The van der Waals surface area contributed by atoms with E-state index in [-0.39, 0.29) is 0 Å². The summed E-state index contributed by atoms with van der Waals surface area (Å²) in [5.74, 6) is 0.891. The molecule has 2 heteroatoms. The van der Waals surface area contributed by atoms with Gasteiger partial charge < -0.3 is 5.32 Å². The quantitative estimate of drug-likeness (QED) is 0.810. The van der Waals surface area contributed by atoms with Gasteiger partial charge in [-0.3, -0.25) is 4.90 Å². The van der Waals surface area contributed by atoms with Crippen LogP contribution in [0.4, 0.5) is 0 Å². The van der Waals surface area contributed by atoms with Crippen LogP contribution in [0.1, 0.15) is 59.3 Å². The van der Waals surface area contributed by atoms with Gasteiger partial charge in [0.25, 0.3) is 0 Å². The zero-order chi connectivity index (χ0) is 12.3. The molecule has 0 aromatic rings. The van der Waals surface area contributed by atoms with Gasteiger partial charge in [-0.05, 0) is 39.0 Å². The molecule has 1 saturated heterocycles. The number of rotatable bonds is 4. The summed E-state index contributed by atoms with van der Waals surface area (Å²) in [6.45, 7) is 9.65. The van der Waals surface area contributed by atoms with Gasteiger partial charge in [0.1, 0.15) is 0 Å². The predicted molar refractivity (Wildman–Crippen MR) is 74.3 cm³/mol. The van der Waals surface area contributed by atoms with Crippen LogP contribution in [0.2, 0.25) is 0 Å². The van der Waals surface area contributed by atoms with Crippen molar-refractivity contribution >= 4 is 0 Å². The van der Waals surface area contributed by atoms with Crippen molar-refractivity contribution in [2.24, 2.45) is 5.92 Å². The molecule has 2 fully saturated rings. The van der Waals surface area contributed by atoms with E-state index in [1.54, 1.807) is 0 Å². The van der Waals surface area contributed by atoms with E-state index in [4.69, 9.17) is 0 Å². The van der Waals surface area contributed by atoms with E-state index < -0.39 is 0 Å². The summed E-state index contributed by atoms with van der Waals surface area (Å²) in [6.07, 6.45) is 8.51. The third-order valence-corrected chi connectivity index (χ3v) is 4.71. The molecule has 0 aromatic heterocycles. The molecule has 0 amide bonds. The van der Waals surface area contributed by atoms with Crippen LogP contribution in [0.5, 0.6) is 0 Å². The molecule has 3 atom stereocenters. The highest BCUT2D eigenvalue weighted by atomic mass is 15.2. The minimum Gasteiger partial charge on any atom is -0.312 e. The van der Waals surface area contributed by atoms with Gasteiger partial charge >= 0.3 is 0 Å². The summed E-state index contributed by atoms with van der Waals surface area (Å²) in [6, 6.07) is 2.30. The Morgan fingerprint density at radius 1 is 1.18 bits per heavy atom. The van der Waals surface area contributed by atoms with Crippen LogP contribution in [-0.4, -0.2) is 36.1 Å². The summed E-state index contributed by atoms with van der Waals surface area (Å²) in [5, 5.41) is 3.79. The Balaban J connectivity index is 1.71. The molecule has 2 rings (SSSR count). The van der Waals surface area contributed by atoms with Crippen LogP contribution < -0.4 is 5.32 Å². The summed E-state index contributed by atoms with van der Waals surface area (Å²) in [4.78, 5) is 2.69. The predicted octanol–water partition coefficient (Wildman–Crippen LogP) is 3.03. The van der Waals surface area contributed by atoms with Crippen LogP contribution >= 0.6 is 0 Å². The number of hydrogen-bond acceptors (Lipinski definition) is 2. The summed E-state index contributed by atoms with van der Waals surface area (Å²) < 4.78 is 0. The van der Waals surface area contributed by atoms with Gasteiger partial charge in [-0.25, -0.2) is 0 Å². The van der Waals surface area contributed by atoms with Gasteiger partial charge in [-0.15, -0.1) is 0 Å². The molecule has 3 unspecified atom stereocenters. The molecule has 1 aliphatic heterocycles. The molecule has 0 spiro atoms. The molecular weight excluding hydrogens is 208 g/mol. The highest BCUT2D eigenvalue weighted by molar-refractivity contribution is 4.85. The largest absolute Gasteiger partial charge is 0.312 e. The standard InChI is InChI=1S/C15H30N2/c1-12-9-13(2)17(11-12)14(3)10-16-15-7-5-4-6-8-15/h12-16H,4-11H2,1-3H3. The van der Waals surface area contributed by atoms with E-state index in [1.165, 1.54) is 51.6 Å². The first-order chi connectivity index (χ1) is 8.16. The molecule has 1 saturated carbocycles. The third kappa shape index (κ3) is 3.69. The van der Waals surface area contributed by atoms with Crippen molar-refractivity contribution in [1.82, 2.24) is 10.2 Å². The Morgan fingerprint density at radius 3 is 2.47 bits per heavy atom. The van der Waals surface area contributed by atoms with Crippen LogP contribution in [-0.2, 0) is 0 Å². The molecule has 1 N–H and O–H groups in total. The van der Waals surface area contributed by atoms with E-state index in [0.29, 0.717) is 6.04 Å². The number of likely N-dealkylation sites (tertiary alicyclic amines) is 1. The van der Waals surface area contributed by atoms with Crippen molar-refractivity contribution in [3.63, 3.8) is 0 Å². The highest BCUT2D eigenvalue weighted by Crippen LogP contribution is 2.24. The van der Waals surface area contributed by atoms with Gasteiger partial charge in [0.15, 0.2) is 0 Å². The fourth-order valence-corrected chi connectivity index (χ4v) is 3.71. The van der Waals surface area contributed by atoms with Gasteiger partial charge in [-0.1, -0.05) is 26.2 Å². The maximum Gasteiger partial charge on any atom is 0.0195 e. The Kier molecular flexibility index (Phi) is 4.87. The second-order valence-electron chi connectivity index (χ2n) is 6.48. The first-order valence-corrected chi connectivity index (χ1v) is 7.66. The number of nitrogens with zero attached hydrogens (tertiary/aromatic N) is 1. The highest BCUT2D eigenvalue weighted by Gasteiger charge is 2.29. The van der Waals surface area contributed by atoms with Crippen molar-refractivity contribution in [1.29, 1.82) is 0 Å². The van der Waals surface area contributed by atoms with Crippen molar-refractivity contribution in [2.45, 2.75) is 77.4 Å². The van der Waals surface area contributed by atoms with Gasteiger partial charge in [0, 0.05) is 31.2 Å². The molecule has 0 bridgehead atoms. The Hall–Kier alpha value is -0.0800. The van der Waals surface area contributed by atoms with Crippen LogP contribution in [0.25, 0.3) is 0 Å². The molecular formula is C15H30N2. The van der Waals surface area contributed by atoms with Crippen LogP contribution in [0.3, 0.4) is 0 Å². The first kappa shape index (κ1) is 13.4. The smallest absolute Gasteiger partial charge is 0.0195 e. The lowest BCUT2D eigenvalue weighted by atomic mass is 9.95. The number of nitrogens with one attached hydrogen (secondary N) is 1. The summed E-state index contributed by atoms with van der Waals surface area (Å²) in [7, 11) is 0. The van der Waals surface area contributed by atoms with Gasteiger partial charge in [-0.2, -0.15) is 0 Å². The van der Waals surface area contributed by atoms with Crippen molar-refractivity contribution in [3.8, 4) is 0 Å². The Bertz CT molecular complexity index is 223. The maximum absolute atomic E-state index is 3.79. The zero-order valence-corrected chi connectivity index (χ0v) is 11.9. The number of hydrogen-bond donors (Lipinski definition) is 1. The van der Waals surface area contributed by atoms with E-state index in [0.717, 1.165) is 18.0 Å². The fourth-order valence-electron chi connectivity index (χ4n) is 3.71. The fraction of sp³-hybridized carbons (Fsp3) is 1.00. The molecule has 100 valence electrons. The zero-order valence-electron chi connectivity index (χ0n) is 11.9. The molecule has 17 heavy (non-hydrogen) atoms. The Labute approximate surface area is 107 Å². The van der Waals surface area contributed by atoms with E-state index in [2.05, 4.69) is 31.0 Å². The second kappa shape index (κ2) is 6.19. The van der Waals surface area contributed by atoms with E-state index in [1.807, 2.05) is 0 Å². The van der Waals surface area contributed by atoms with E-state index in [9.17, 15) is 0 Å². The third-order valence-electron chi connectivity index (χ3n) is 4.71. The summed E-state index contributed by atoms with van der Waals surface area (Å²) in [5.41, 5.74) is 0. The average molecular weight is 238 g/mol. The van der Waals surface area contributed by atoms with Gasteiger partial charge in [0.05, 0.1) is 0 Å². The molecule has 0 aromatic carbocycles. The first-order valence-electron chi connectivity index (χ1n) is 7.66. The SMILES string of the molecule is CC1CC(C)N(C(C)CNC2CCCCC2)C1. The van der Waals surface area contributed by atoms with Crippen molar-refractivity contribution in [3.05, 3.63) is 0 Å². The van der Waals surface area contributed by atoms with Crippen LogP contribution in [0.15, 0.2) is 0 Å². The normalized spacial score (nSPS) is 34.1. The lowest BCUT2D eigenvalue weighted by Gasteiger charge is -2.31. The maximum atomic E-state index is 3.79. The Morgan fingerprint density at radius 2 is 1.88 bits per heavy atom.